The first kappa shape index (κ1) is 24.4. The van der Waals surface area contributed by atoms with E-state index in [-0.39, 0.29) is 29.3 Å². The Morgan fingerprint density at radius 3 is 2.35 bits per heavy atom. The van der Waals surface area contributed by atoms with Crippen molar-refractivity contribution in [3.05, 3.63) is 69.8 Å². The van der Waals surface area contributed by atoms with Crippen molar-refractivity contribution in [1.29, 1.82) is 0 Å². The molecule has 0 spiro atoms. The van der Waals surface area contributed by atoms with Gasteiger partial charge in [0.25, 0.3) is 5.69 Å². The lowest BCUT2D eigenvalue weighted by Gasteiger charge is -2.36. The lowest BCUT2D eigenvalue weighted by molar-refractivity contribution is -0.384. The molecule has 2 aromatic carbocycles. The van der Waals surface area contributed by atoms with Gasteiger partial charge in [-0.1, -0.05) is 6.07 Å². The maximum Gasteiger partial charge on any atom is 0.424 e. The van der Waals surface area contributed by atoms with Crippen molar-refractivity contribution in [2.24, 2.45) is 10.9 Å². The zero-order valence-corrected chi connectivity index (χ0v) is 17.8. The van der Waals surface area contributed by atoms with Crippen molar-refractivity contribution in [3.63, 3.8) is 0 Å². The van der Waals surface area contributed by atoms with Crippen molar-refractivity contribution in [1.82, 2.24) is 4.90 Å². The number of urea groups is 1. The summed E-state index contributed by atoms with van der Waals surface area (Å²) in [5, 5.41) is 10.8. The Morgan fingerprint density at radius 2 is 1.79 bits per heavy atom. The first-order chi connectivity index (χ1) is 16.2. The summed E-state index contributed by atoms with van der Waals surface area (Å²) in [6.07, 6.45) is -1.32. The van der Waals surface area contributed by atoms with Crippen LogP contribution in [0.15, 0.2) is 47.5 Å². The van der Waals surface area contributed by atoms with Gasteiger partial charge < -0.3 is 14.2 Å². The molecule has 2 unspecified atom stereocenters. The number of amides is 3. The minimum Gasteiger partial charge on any atom is -0.468 e. The molecule has 11 nitrogen and oxygen atoms in total. The Kier molecular flexibility index (Phi) is 7.26. The van der Waals surface area contributed by atoms with Gasteiger partial charge in [0.1, 0.15) is 11.7 Å². The number of non-ortho nitro benzene ring substituents is 1. The molecule has 178 valence electrons. The van der Waals surface area contributed by atoms with Crippen molar-refractivity contribution in [2.75, 3.05) is 20.8 Å². The molecule has 34 heavy (non-hydrogen) atoms. The SMILES string of the molecule is COCC1=NC(=O)N(C(=O)Oc2ccc([N+](=O)[O-])cc2)C(c2ccc(F)c(F)c2)C1C(=O)OC. The number of methoxy groups -OCH3 is 2. The normalized spacial score (nSPS) is 17.7. The lowest BCUT2D eigenvalue weighted by atomic mass is 9.86. The number of aliphatic imine (C=N–C) groups is 1. The van der Waals surface area contributed by atoms with E-state index in [1.807, 2.05) is 0 Å². The van der Waals surface area contributed by atoms with E-state index in [1.165, 1.54) is 7.11 Å². The van der Waals surface area contributed by atoms with Crippen molar-refractivity contribution < 1.29 is 42.3 Å². The average Bonchev–Trinajstić information content (AvgIpc) is 2.80. The van der Waals surface area contributed by atoms with Crippen molar-refractivity contribution >= 4 is 29.5 Å². The molecule has 0 aliphatic carbocycles. The summed E-state index contributed by atoms with van der Waals surface area (Å²) in [6.45, 7) is -0.295. The molecule has 0 saturated carbocycles. The summed E-state index contributed by atoms with van der Waals surface area (Å²) in [5.41, 5.74) is -0.492. The molecule has 3 amide bonds. The van der Waals surface area contributed by atoms with Crippen LogP contribution in [-0.4, -0.2) is 54.5 Å². The zero-order valence-electron chi connectivity index (χ0n) is 17.8. The molecule has 0 aromatic heterocycles. The Balaban J connectivity index is 2.08. The summed E-state index contributed by atoms with van der Waals surface area (Å²) in [5.74, 6) is -4.98. The number of hydrogen-bond donors (Lipinski definition) is 0. The third kappa shape index (κ3) is 4.88. The van der Waals surface area contributed by atoms with E-state index in [1.54, 1.807) is 0 Å². The number of ether oxygens (including phenoxy) is 3. The third-order valence-electron chi connectivity index (χ3n) is 4.88. The standard InChI is InChI=1S/C21H17F2N3O8/c1-32-10-16-17(19(27)33-2)18(11-3-8-14(22)15(23)9-11)25(20(28)24-16)21(29)34-13-6-4-12(5-7-13)26(30)31/h3-9,17-18H,10H2,1-2H3. The van der Waals surface area contributed by atoms with Crippen LogP contribution in [0.4, 0.5) is 24.1 Å². The maximum atomic E-state index is 14.0. The van der Waals surface area contributed by atoms with Gasteiger partial charge in [-0.3, -0.25) is 14.9 Å². The number of halogens is 2. The highest BCUT2D eigenvalue weighted by Crippen LogP contribution is 2.36. The van der Waals surface area contributed by atoms with Gasteiger partial charge in [0.2, 0.25) is 0 Å². The predicted octanol–water partition coefficient (Wildman–Crippen LogP) is 3.43. The molecule has 0 saturated heterocycles. The number of esters is 1. The summed E-state index contributed by atoms with van der Waals surface area (Å²) >= 11 is 0. The predicted molar refractivity (Wildman–Crippen MR) is 110 cm³/mol. The molecule has 3 rings (SSSR count). The average molecular weight is 477 g/mol. The van der Waals surface area contributed by atoms with Crippen molar-refractivity contribution in [3.8, 4) is 5.75 Å². The molecule has 2 aromatic rings. The molecule has 0 fully saturated rings. The first-order valence-electron chi connectivity index (χ1n) is 9.56. The molecular formula is C21H17F2N3O8. The summed E-state index contributed by atoms with van der Waals surface area (Å²) in [4.78, 5) is 52.8. The highest BCUT2D eigenvalue weighted by molar-refractivity contribution is 6.12. The Labute approximate surface area is 190 Å². The first-order valence-corrected chi connectivity index (χ1v) is 9.56. The van der Waals surface area contributed by atoms with Crippen molar-refractivity contribution in [2.45, 2.75) is 6.04 Å². The van der Waals surface area contributed by atoms with E-state index in [0.717, 1.165) is 49.6 Å². The molecule has 2 atom stereocenters. The highest BCUT2D eigenvalue weighted by Gasteiger charge is 2.48. The van der Waals surface area contributed by atoms with Gasteiger partial charge in [0, 0.05) is 19.2 Å². The molecule has 1 aliphatic heterocycles. The van der Waals surface area contributed by atoms with Gasteiger partial charge in [0.15, 0.2) is 11.6 Å². The number of carbonyl (C=O) groups is 3. The van der Waals surface area contributed by atoms with Crippen LogP contribution in [0.2, 0.25) is 0 Å². The number of rotatable bonds is 6. The lowest BCUT2D eigenvalue weighted by Crippen LogP contribution is -2.51. The minimum absolute atomic E-state index is 0.103. The molecule has 1 heterocycles. The number of benzene rings is 2. The van der Waals surface area contributed by atoms with Crippen LogP contribution in [0.3, 0.4) is 0 Å². The maximum absolute atomic E-state index is 14.0. The van der Waals surface area contributed by atoms with Crippen LogP contribution >= 0.6 is 0 Å². The molecule has 1 aliphatic rings. The second-order valence-electron chi connectivity index (χ2n) is 6.93. The van der Waals surface area contributed by atoms with Crippen LogP contribution in [-0.2, 0) is 14.3 Å². The van der Waals surface area contributed by atoms with Gasteiger partial charge >= 0.3 is 18.1 Å². The number of carbonyl (C=O) groups excluding carboxylic acids is 3. The van der Waals surface area contributed by atoms with E-state index in [0.29, 0.717) is 4.90 Å². The molecular weight excluding hydrogens is 460 g/mol. The topological polar surface area (TPSA) is 138 Å². The largest absolute Gasteiger partial charge is 0.468 e. The fourth-order valence-corrected chi connectivity index (χ4v) is 3.37. The molecule has 0 radical (unpaired) electrons. The molecule has 0 N–H and O–H groups in total. The smallest absolute Gasteiger partial charge is 0.424 e. The van der Waals surface area contributed by atoms with Gasteiger partial charge in [-0.05, 0) is 29.8 Å². The number of hydrogen-bond acceptors (Lipinski definition) is 8. The number of nitrogens with zero attached hydrogens (tertiary/aromatic N) is 3. The number of nitro groups is 1. The van der Waals surface area contributed by atoms with E-state index < -0.39 is 46.6 Å². The monoisotopic (exact) mass is 477 g/mol. The quantitative estimate of drug-likeness (QED) is 0.351. The van der Waals surface area contributed by atoms with Crippen LogP contribution in [0.5, 0.6) is 5.75 Å². The third-order valence-corrected chi connectivity index (χ3v) is 4.88. The summed E-state index contributed by atoms with van der Waals surface area (Å²) in [7, 11) is 2.34. The fraction of sp³-hybridized carbons (Fsp3) is 0.238. The van der Waals surface area contributed by atoms with E-state index in [9.17, 15) is 33.3 Å². The second-order valence-corrected chi connectivity index (χ2v) is 6.93. The number of nitro benzene ring substituents is 1. The van der Waals surface area contributed by atoms with Crippen LogP contribution in [0, 0.1) is 27.7 Å². The Hall–Kier alpha value is -4.26. The van der Waals surface area contributed by atoms with Crippen LogP contribution in [0.1, 0.15) is 11.6 Å². The summed E-state index contributed by atoms with van der Waals surface area (Å²) in [6, 6.07) is 4.28. The van der Waals surface area contributed by atoms with E-state index >= 15 is 0 Å². The second kappa shape index (κ2) is 10.1. The number of imide groups is 1. The van der Waals surface area contributed by atoms with Crippen LogP contribution < -0.4 is 4.74 Å². The zero-order chi connectivity index (χ0) is 25.0. The van der Waals surface area contributed by atoms with Gasteiger partial charge in [-0.2, -0.15) is 4.99 Å². The van der Waals surface area contributed by atoms with Crippen LogP contribution in [0.25, 0.3) is 0 Å². The van der Waals surface area contributed by atoms with E-state index in [4.69, 9.17) is 14.2 Å². The Morgan fingerprint density at radius 1 is 1.12 bits per heavy atom. The Bertz CT molecular complexity index is 1170. The molecule has 0 bridgehead atoms. The molecule has 13 heteroatoms. The fourth-order valence-electron chi connectivity index (χ4n) is 3.37. The highest BCUT2D eigenvalue weighted by atomic mass is 19.2. The summed E-state index contributed by atoms with van der Waals surface area (Å²) < 4.78 is 42.5. The van der Waals surface area contributed by atoms with Gasteiger partial charge in [-0.25, -0.2) is 23.3 Å². The van der Waals surface area contributed by atoms with Gasteiger partial charge in [0.05, 0.1) is 30.4 Å². The van der Waals surface area contributed by atoms with Gasteiger partial charge in [-0.15, -0.1) is 0 Å². The minimum atomic E-state index is -1.52. The van der Waals surface area contributed by atoms with E-state index in [2.05, 4.69) is 4.99 Å².